The van der Waals surface area contributed by atoms with Crippen LogP contribution in [0.3, 0.4) is 0 Å². The zero-order valence-electron chi connectivity index (χ0n) is 15.6. The summed E-state index contributed by atoms with van der Waals surface area (Å²) < 4.78 is 33.1. The molecule has 2 aromatic rings. The van der Waals surface area contributed by atoms with Crippen molar-refractivity contribution in [2.45, 2.75) is 30.2 Å². The Morgan fingerprint density at radius 3 is 2.50 bits per heavy atom. The van der Waals surface area contributed by atoms with Crippen molar-refractivity contribution >= 4 is 31.9 Å². The number of methoxy groups -OCH3 is 1. The van der Waals surface area contributed by atoms with Crippen molar-refractivity contribution in [3.8, 4) is 5.75 Å². The number of carbonyl (C=O) groups excluding carboxylic acids is 1. The number of hydrogen-bond donors (Lipinski definition) is 1. The molecule has 150 valence electrons. The van der Waals surface area contributed by atoms with Crippen LogP contribution in [-0.4, -0.2) is 44.9 Å². The molecule has 0 spiro atoms. The monoisotopic (exact) mass is 466 g/mol. The third kappa shape index (κ3) is 4.74. The van der Waals surface area contributed by atoms with Gasteiger partial charge in [-0.2, -0.15) is 4.31 Å². The zero-order valence-corrected chi connectivity index (χ0v) is 18.0. The van der Waals surface area contributed by atoms with E-state index in [0.29, 0.717) is 32.4 Å². The molecule has 28 heavy (non-hydrogen) atoms. The molecule has 3 rings (SSSR count). The summed E-state index contributed by atoms with van der Waals surface area (Å²) in [5.74, 6) is 0.541. The predicted molar refractivity (Wildman–Crippen MR) is 111 cm³/mol. The highest BCUT2D eigenvalue weighted by Crippen LogP contribution is 2.27. The summed E-state index contributed by atoms with van der Waals surface area (Å²) in [5.41, 5.74) is 1.08. The first-order chi connectivity index (χ1) is 13.4. The summed E-state index contributed by atoms with van der Waals surface area (Å²) in [7, 11) is -2.08. The summed E-state index contributed by atoms with van der Waals surface area (Å²) in [6, 6.07) is 13.5. The van der Waals surface area contributed by atoms with E-state index in [2.05, 4.69) is 21.2 Å². The maximum absolute atomic E-state index is 12.9. The van der Waals surface area contributed by atoms with Gasteiger partial charge < -0.3 is 10.1 Å². The quantitative estimate of drug-likeness (QED) is 0.680. The van der Waals surface area contributed by atoms with Crippen LogP contribution < -0.4 is 10.1 Å². The smallest absolute Gasteiger partial charge is 0.243 e. The van der Waals surface area contributed by atoms with Crippen molar-refractivity contribution in [3.63, 3.8) is 0 Å². The minimum absolute atomic E-state index is 0.202. The molecule has 0 radical (unpaired) electrons. The highest BCUT2D eigenvalue weighted by Gasteiger charge is 2.39. The lowest BCUT2D eigenvalue weighted by Gasteiger charge is -2.23. The van der Waals surface area contributed by atoms with Crippen molar-refractivity contribution in [3.05, 3.63) is 58.6 Å². The Labute approximate surface area is 174 Å². The number of hydrogen-bond acceptors (Lipinski definition) is 4. The van der Waals surface area contributed by atoms with Gasteiger partial charge in [0.15, 0.2) is 0 Å². The third-order valence-corrected chi connectivity index (χ3v) is 7.25. The normalized spacial score (nSPS) is 17.4. The molecule has 1 aliphatic rings. The second kappa shape index (κ2) is 9.07. The van der Waals surface area contributed by atoms with Crippen molar-refractivity contribution in [2.24, 2.45) is 0 Å². The molecule has 1 fully saturated rings. The Kier molecular flexibility index (Phi) is 6.74. The molecule has 0 aromatic heterocycles. The van der Waals surface area contributed by atoms with E-state index in [1.807, 2.05) is 24.3 Å². The van der Waals surface area contributed by atoms with Crippen LogP contribution >= 0.6 is 15.9 Å². The lowest BCUT2D eigenvalue weighted by atomic mass is 10.1. The van der Waals surface area contributed by atoms with Gasteiger partial charge in [-0.1, -0.05) is 28.1 Å². The second-order valence-corrected chi connectivity index (χ2v) is 9.42. The van der Waals surface area contributed by atoms with E-state index >= 15 is 0 Å². The molecule has 6 nitrogen and oxygen atoms in total. The highest BCUT2D eigenvalue weighted by atomic mass is 79.9. The average molecular weight is 467 g/mol. The number of amides is 1. The Balaban J connectivity index is 1.61. The molecule has 8 heteroatoms. The first-order valence-electron chi connectivity index (χ1n) is 9.10. The summed E-state index contributed by atoms with van der Waals surface area (Å²) in [6.07, 6.45) is 1.87. The molecular formula is C20H23BrN2O4S. The first kappa shape index (κ1) is 20.8. The first-order valence-corrected chi connectivity index (χ1v) is 11.3. The SMILES string of the molecule is COc1ccc(CCNC(=O)C2CCCN2S(=O)(=O)c2ccc(Br)cc2)cc1. The molecule has 1 N–H and O–H groups in total. The fourth-order valence-electron chi connectivity index (χ4n) is 3.27. The topological polar surface area (TPSA) is 75.7 Å². The number of ether oxygens (including phenoxy) is 1. The highest BCUT2D eigenvalue weighted by molar-refractivity contribution is 9.10. The van der Waals surface area contributed by atoms with Gasteiger partial charge in [-0.15, -0.1) is 0 Å². The van der Waals surface area contributed by atoms with Gasteiger partial charge in [-0.05, 0) is 61.2 Å². The standard InChI is InChI=1S/C20H23BrN2O4S/c1-27-17-8-4-15(5-9-17)12-13-22-20(24)19-3-2-14-23(19)28(25,26)18-10-6-16(21)7-11-18/h4-11,19H,2-3,12-14H2,1H3,(H,22,24). The van der Waals surface area contributed by atoms with E-state index in [0.717, 1.165) is 15.8 Å². The van der Waals surface area contributed by atoms with Gasteiger partial charge in [0.25, 0.3) is 0 Å². The van der Waals surface area contributed by atoms with Gasteiger partial charge in [-0.3, -0.25) is 4.79 Å². The van der Waals surface area contributed by atoms with Crippen molar-refractivity contribution in [1.29, 1.82) is 0 Å². The van der Waals surface area contributed by atoms with E-state index in [1.54, 1.807) is 31.4 Å². The molecule has 0 saturated carbocycles. The summed E-state index contributed by atoms with van der Waals surface area (Å²) in [5, 5.41) is 2.88. The van der Waals surface area contributed by atoms with Gasteiger partial charge in [0.1, 0.15) is 11.8 Å². The Bertz CT molecular complexity index is 914. The minimum Gasteiger partial charge on any atom is -0.497 e. The molecule has 2 aromatic carbocycles. The molecular weight excluding hydrogens is 444 g/mol. The van der Waals surface area contributed by atoms with Crippen LogP contribution in [0.1, 0.15) is 18.4 Å². The number of rotatable bonds is 7. The number of nitrogens with one attached hydrogen (secondary N) is 1. The zero-order chi connectivity index (χ0) is 20.1. The summed E-state index contributed by atoms with van der Waals surface area (Å²) in [4.78, 5) is 12.8. The Morgan fingerprint density at radius 1 is 1.18 bits per heavy atom. The van der Waals surface area contributed by atoms with E-state index < -0.39 is 16.1 Å². The summed E-state index contributed by atoms with van der Waals surface area (Å²) in [6.45, 7) is 0.808. The minimum atomic E-state index is -3.70. The van der Waals surface area contributed by atoms with Crippen LogP contribution in [-0.2, 0) is 21.2 Å². The van der Waals surface area contributed by atoms with E-state index in [1.165, 1.54) is 4.31 Å². The Morgan fingerprint density at radius 2 is 1.86 bits per heavy atom. The van der Waals surface area contributed by atoms with Crippen molar-refractivity contribution in [1.82, 2.24) is 9.62 Å². The number of benzene rings is 2. The molecule has 1 amide bonds. The van der Waals surface area contributed by atoms with Gasteiger partial charge in [-0.25, -0.2) is 8.42 Å². The van der Waals surface area contributed by atoms with Crippen LogP contribution in [0.2, 0.25) is 0 Å². The molecule has 1 aliphatic heterocycles. The number of nitrogens with zero attached hydrogens (tertiary/aromatic N) is 1. The average Bonchev–Trinajstić information content (AvgIpc) is 3.20. The maximum Gasteiger partial charge on any atom is 0.243 e. The lowest BCUT2D eigenvalue weighted by molar-refractivity contribution is -0.124. The lowest BCUT2D eigenvalue weighted by Crippen LogP contribution is -2.46. The van der Waals surface area contributed by atoms with Gasteiger partial charge >= 0.3 is 0 Å². The van der Waals surface area contributed by atoms with Crippen LogP contribution in [0.5, 0.6) is 5.75 Å². The number of sulfonamides is 1. The van der Waals surface area contributed by atoms with E-state index in [-0.39, 0.29) is 10.8 Å². The molecule has 1 unspecified atom stereocenters. The molecule has 1 saturated heterocycles. The van der Waals surface area contributed by atoms with Gasteiger partial charge in [0.05, 0.1) is 12.0 Å². The fourth-order valence-corrected chi connectivity index (χ4v) is 5.19. The maximum atomic E-state index is 12.9. The van der Waals surface area contributed by atoms with Crippen LogP contribution in [0.4, 0.5) is 0 Å². The van der Waals surface area contributed by atoms with E-state index in [4.69, 9.17) is 4.74 Å². The fraction of sp³-hybridized carbons (Fsp3) is 0.350. The molecule has 0 aliphatic carbocycles. The third-order valence-electron chi connectivity index (χ3n) is 4.80. The largest absolute Gasteiger partial charge is 0.497 e. The van der Waals surface area contributed by atoms with E-state index in [9.17, 15) is 13.2 Å². The molecule has 1 atom stereocenters. The summed E-state index contributed by atoms with van der Waals surface area (Å²) >= 11 is 3.31. The molecule has 1 heterocycles. The van der Waals surface area contributed by atoms with Crippen LogP contribution in [0.25, 0.3) is 0 Å². The number of carbonyl (C=O) groups is 1. The van der Waals surface area contributed by atoms with Crippen LogP contribution in [0, 0.1) is 0 Å². The van der Waals surface area contributed by atoms with Crippen LogP contribution in [0.15, 0.2) is 57.9 Å². The van der Waals surface area contributed by atoms with Crippen molar-refractivity contribution < 1.29 is 17.9 Å². The molecule has 0 bridgehead atoms. The number of halogens is 1. The Hall–Kier alpha value is -1.90. The van der Waals surface area contributed by atoms with Gasteiger partial charge in [0.2, 0.25) is 15.9 Å². The predicted octanol–water partition coefficient (Wildman–Crippen LogP) is 2.97. The van der Waals surface area contributed by atoms with Gasteiger partial charge in [0, 0.05) is 17.6 Å². The second-order valence-electron chi connectivity index (χ2n) is 6.62. The van der Waals surface area contributed by atoms with Crippen molar-refractivity contribution in [2.75, 3.05) is 20.2 Å².